The smallest absolute Gasteiger partial charge is 0.225 e. The van der Waals surface area contributed by atoms with E-state index in [1.165, 1.54) is 0 Å². The van der Waals surface area contributed by atoms with Crippen LogP contribution in [0.4, 0.5) is 0 Å². The molecule has 1 heterocycles. The normalized spacial score (nSPS) is 19.2. The van der Waals surface area contributed by atoms with E-state index in [0.717, 1.165) is 29.9 Å². The van der Waals surface area contributed by atoms with Crippen molar-refractivity contribution in [2.45, 2.75) is 31.7 Å². The summed E-state index contributed by atoms with van der Waals surface area (Å²) >= 11 is 0. The first-order valence-corrected chi connectivity index (χ1v) is 9.58. The molecule has 1 saturated carbocycles. The Morgan fingerprint density at radius 3 is 2.59 bits per heavy atom. The molecule has 5 heteroatoms. The number of ether oxygens (including phenoxy) is 1. The lowest BCUT2D eigenvalue weighted by atomic mass is 10.1. The first kappa shape index (κ1) is 17.6. The van der Waals surface area contributed by atoms with Crippen LogP contribution in [0.25, 0.3) is 0 Å². The van der Waals surface area contributed by atoms with Crippen molar-refractivity contribution in [1.82, 2.24) is 10.2 Å². The summed E-state index contributed by atoms with van der Waals surface area (Å²) in [6.45, 7) is 1.10. The molecule has 1 atom stereocenters. The van der Waals surface area contributed by atoms with Gasteiger partial charge in [-0.2, -0.15) is 0 Å². The zero-order valence-electron chi connectivity index (χ0n) is 15.3. The molecule has 0 radical (unpaired) electrons. The van der Waals surface area contributed by atoms with Crippen LogP contribution in [0.3, 0.4) is 0 Å². The van der Waals surface area contributed by atoms with Gasteiger partial charge >= 0.3 is 0 Å². The summed E-state index contributed by atoms with van der Waals surface area (Å²) in [7, 11) is 0. The number of benzene rings is 2. The van der Waals surface area contributed by atoms with Gasteiger partial charge in [-0.1, -0.05) is 36.4 Å². The molecule has 0 bridgehead atoms. The molecule has 0 unspecified atom stereocenters. The van der Waals surface area contributed by atoms with Crippen molar-refractivity contribution >= 4 is 11.8 Å². The molecular weight excluding hydrogens is 340 g/mol. The molecule has 2 aliphatic rings. The van der Waals surface area contributed by atoms with E-state index in [1.54, 1.807) is 0 Å². The monoisotopic (exact) mass is 364 g/mol. The summed E-state index contributed by atoms with van der Waals surface area (Å²) in [4.78, 5) is 26.3. The van der Waals surface area contributed by atoms with Gasteiger partial charge in [-0.05, 0) is 43.0 Å². The first-order chi connectivity index (χ1) is 13.2. The number of carbonyl (C=O) groups is 2. The molecule has 1 N–H and O–H groups in total. The van der Waals surface area contributed by atoms with E-state index in [0.29, 0.717) is 32.0 Å². The molecule has 1 aliphatic heterocycles. The molecule has 140 valence electrons. The predicted octanol–water partition coefficient (Wildman–Crippen LogP) is 3.15. The lowest BCUT2D eigenvalue weighted by molar-refractivity contribution is -0.129. The van der Waals surface area contributed by atoms with Crippen LogP contribution in [0.15, 0.2) is 54.6 Å². The van der Waals surface area contributed by atoms with Gasteiger partial charge < -0.3 is 15.0 Å². The molecule has 0 aromatic heterocycles. The van der Waals surface area contributed by atoms with Gasteiger partial charge in [0.1, 0.15) is 11.5 Å². The van der Waals surface area contributed by atoms with E-state index in [4.69, 9.17) is 4.74 Å². The minimum Gasteiger partial charge on any atom is -0.457 e. The van der Waals surface area contributed by atoms with Crippen LogP contribution < -0.4 is 10.1 Å². The Hall–Kier alpha value is -2.82. The number of nitrogens with zero attached hydrogens (tertiary/aromatic N) is 1. The Kier molecular flexibility index (Phi) is 5.10. The van der Waals surface area contributed by atoms with E-state index in [-0.39, 0.29) is 17.7 Å². The third kappa shape index (κ3) is 4.30. The SMILES string of the molecule is O=C(NCCc1ccccc1Oc1ccccc1)[C@H]1CC(=O)N(C2CC2)C1. The molecule has 4 rings (SSSR count). The quantitative estimate of drug-likeness (QED) is 0.821. The van der Waals surface area contributed by atoms with Crippen molar-refractivity contribution in [3.63, 3.8) is 0 Å². The minimum absolute atomic E-state index is 0.0204. The largest absolute Gasteiger partial charge is 0.457 e. The van der Waals surface area contributed by atoms with Crippen LogP contribution in [0.1, 0.15) is 24.8 Å². The van der Waals surface area contributed by atoms with Crippen LogP contribution >= 0.6 is 0 Å². The van der Waals surface area contributed by atoms with Crippen molar-refractivity contribution in [3.8, 4) is 11.5 Å². The standard InChI is InChI=1S/C22H24N2O3/c25-21-14-17(15-24(21)18-10-11-18)22(26)23-13-12-16-6-4-5-9-20(16)27-19-7-2-1-3-8-19/h1-9,17-18H,10-15H2,(H,23,26)/t17-/m0/s1. The van der Waals surface area contributed by atoms with Gasteiger partial charge in [-0.3, -0.25) is 9.59 Å². The van der Waals surface area contributed by atoms with E-state index in [9.17, 15) is 9.59 Å². The third-order valence-corrected chi connectivity index (χ3v) is 5.15. The topological polar surface area (TPSA) is 58.6 Å². The summed E-state index contributed by atoms with van der Waals surface area (Å²) in [6.07, 6.45) is 3.19. The van der Waals surface area contributed by atoms with E-state index < -0.39 is 0 Å². The van der Waals surface area contributed by atoms with Gasteiger partial charge in [0.15, 0.2) is 0 Å². The van der Waals surface area contributed by atoms with E-state index in [2.05, 4.69) is 5.32 Å². The summed E-state index contributed by atoms with van der Waals surface area (Å²) in [5.41, 5.74) is 1.05. The van der Waals surface area contributed by atoms with Gasteiger partial charge in [-0.15, -0.1) is 0 Å². The predicted molar refractivity (Wildman–Crippen MR) is 103 cm³/mol. The fourth-order valence-corrected chi connectivity index (χ4v) is 3.54. The number of hydrogen-bond acceptors (Lipinski definition) is 3. The molecule has 2 aromatic carbocycles. The van der Waals surface area contributed by atoms with Crippen molar-refractivity contribution < 1.29 is 14.3 Å². The molecule has 2 fully saturated rings. The Balaban J connectivity index is 1.30. The van der Waals surface area contributed by atoms with Crippen LogP contribution in [0.5, 0.6) is 11.5 Å². The van der Waals surface area contributed by atoms with Crippen LogP contribution in [0.2, 0.25) is 0 Å². The molecule has 2 amide bonds. The maximum absolute atomic E-state index is 12.4. The maximum atomic E-state index is 12.4. The summed E-state index contributed by atoms with van der Waals surface area (Å²) in [5, 5.41) is 2.99. The highest BCUT2D eigenvalue weighted by Gasteiger charge is 2.41. The first-order valence-electron chi connectivity index (χ1n) is 9.58. The van der Waals surface area contributed by atoms with Crippen molar-refractivity contribution in [1.29, 1.82) is 0 Å². The Morgan fingerprint density at radius 1 is 1.07 bits per heavy atom. The Labute approximate surface area is 159 Å². The lowest BCUT2D eigenvalue weighted by Gasteiger charge is -2.15. The van der Waals surface area contributed by atoms with Gasteiger partial charge in [0, 0.05) is 25.6 Å². The zero-order chi connectivity index (χ0) is 18.6. The molecule has 27 heavy (non-hydrogen) atoms. The van der Waals surface area contributed by atoms with Crippen molar-refractivity contribution in [3.05, 3.63) is 60.2 Å². The Bertz CT molecular complexity index is 817. The van der Waals surface area contributed by atoms with Gasteiger partial charge in [0.25, 0.3) is 0 Å². The number of amides is 2. The second kappa shape index (κ2) is 7.82. The highest BCUT2D eigenvalue weighted by atomic mass is 16.5. The zero-order valence-corrected chi connectivity index (χ0v) is 15.3. The highest BCUT2D eigenvalue weighted by Crippen LogP contribution is 2.32. The number of likely N-dealkylation sites (tertiary alicyclic amines) is 1. The number of rotatable bonds is 7. The van der Waals surface area contributed by atoms with Crippen LogP contribution in [0, 0.1) is 5.92 Å². The van der Waals surface area contributed by atoms with Gasteiger partial charge in [0.2, 0.25) is 11.8 Å². The molecule has 1 aliphatic carbocycles. The summed E-state index contributed by atoms with van der Waals surface area (Å²) in [6, 6.07) is 17.9. The second-order valence-electron chi connectivity index (χ2n) is 7.24. The van der Waals surface area contributed by atoms with Crippen LogP contribution in [-0.2, 0) is 16.0 Å². The average molecular weight is 364 g/mol. The summed E-state index contributed by atoms with van der Waals surface area (Å²) in [5.74, 6) is 1.48. The van der Waals surface area contributed by atoms with Gasteiger partial charge in [-0.25, -0.2) is 0 Å². The van der Waals surface area contributed by atoms with Crippen molar-refractivity contribution in [2.24, 2.45) is 5.92 Å². The molecule has 0 spiro atoms. The minimum atomic E-state index is -0.214. The van der Waals surface area contributed by atoms with Gasteiger partial charge in [0.05, 0.1) is 5.92 Å². The number of nitrogens with one attached hydrogen (secondary N) is 1. The van der Waals surface area contributed by atoms with Crippen molar-refractivity contribution in [2.75, 3.05) is 13.1 Å². The highest BCUT2D eigenvalue weighted by molar-refractivity contribution is 5.89. The summed E-state index contributed by atoms with van der Waals surface area (Å²) < 4.78 is 5.96. The lowest BCUT2D eigenvalue weighted by Crippen LogP contribution is -2.34. The molecule has 2 aromatic rings. The third-order valence-electron chi connectivity index (χ3n) is 5.15. The van der Waals surface area contributed by atoms with Crippen LogP contribution in [-0.4, -0.2) is 35.8 Å². The van der Waals surface area contributed by atoms with E-state index >= 15 is 0 Å². The molecule has 1 saturated heterocycles. The Morgan fingerprint density at radius 2 is 1.81 bits per heavy atom. The maximum Gasteiger partial charge on any atom is 0.225 e. The number of para-hydroxylation sites is 2. The second-order valence-corrected chi connectivity index (χ2v) is 7.24. The fourth-order valence-electron chi connectivity index (χ4n) is 3.54. The number of carbonyl (C=O) groups excluding carboxylic acids is 2. The molecular formula is C22H24N2O3. The number of hydrogen-bond donors (Lipinski definition) is 1. The van der Waals surface area contributed by atoms with E-state index in [1.807, 2.05) is 59.5 Å². The fraction of sp³-hybridized carbons (Fsp3) is 0.364. The average Bonchev–Trinajstić information content (AvgIpc) is 3.45. The molecule has 5 nitrogen and oxygen atoms in total.